The van der Waals surface area contributed by atoms with Crippen molar-refractivity contribution in [2.24, 2.45) is 0 Å². The number of hydrogen-bond donors (Lipinski definition) is 1. The third-order valence-electron chi connectivity index (χ3n) is 3.26. The molecule has 2 aromatic carbocycles. The van der Waals surface area contributed by atoms with Crippen LogP contribution in [0.4, 0.5) is 17.6 Å². The van der Waals surface area contributed by atoms with E-state index in [4.69, 9.17) is 9.47 Å². The van der Waals surface area contributed by atoms with Gasteiger partial charge in [-0.25, -0.2) is 4.39 Å². The number of rotatable bonds is 1. The first-order valence-corrected chi connectivity index (χ1v) is 6.37. The molecule has 22 heavy (non-hydrogen) atoms. The van der Waals surface area contributed by atoms with Gasteiger partial charge in [0.15, 0.2) is 17.3 Å². The van der Waals surface area contributed by atoms with Gasteiger partial charge in [0.25, 0.3) is 0 Å². The predicted octanol–water partition coefficient (Wildman–Crippen LogP) is 3.99. The number of aromatic hydroxyl groups is 1. The molecular weight excluding hydrogens is 304 g/mol. The highest BCUT2D eigenvalue weighted by molar-refractivity contribution is 5.79. The summed E-state index contributed by atoms with van der Waals surface area (Å²) >= 11 is 0. The highest BCUT2D eigenvalue weighted by Crippen LogP contribution is 2.49. The van der Waals surface area contributed by atoms with Crippen molar-refractivity contribution in [1.82, 2.24) is 0 Å². The molecule has 0 saturated heterocycles. The van der Waals surface area contributed by atoms with Gasteiger partial charge in [-0.2, -0.15) is 13.2 Å². The fourth-order valence-electron chi connectivity index (χ4n) is 2.33. The number of ether oxygens (including phenoxy) is 2. The van der Waals surface area contributed by atoms with Gasteiger partial charge in [-0.15, -0.1) is 0 Å². The Morgan fingerprint density at radius 3 is 2.27 bits per heavy atom. The summed E-state index contributed by atoms with van der Waals surface area (Å²) < 4.78 is 63.6. The molecule has 0 saturated carbocycles. The van der Waals surface area contributed by atoms with Crippen molar-refractivity contribution in [3.8, 4) is 28.4 Å². The lowest BCUT2D eigenvalue weighted by Crippen LogP contribution is -2.17. The topological polar surface area (TPSA) is 38.7 Å². The van der Waals surface area contributed by atoms with E-state index in [0.29, 0.717) is 0 Å². The molecule has 116 valence electrons. The standard InChI is InChI=1S/C15H10F4O3/c16-11-7-9(13-14(12(11)20)22-6-5-21-13)8-3-1-2-4-10(8)15(17,18)19/h1-4,7,20H,5-6H2. The second-order valence-electron chi connectivity index (χ2n) is 4.65. The highest BCUT2D eigenvalue weighted by Gasteiger charge is 2.35. The van der Waals surface area contributed by atoms with E-state index >= 15 is 0 Å². The monoisotopic (exact) mass is 314 g/mol. The van der Waals surface area contributed by atoms with Crippen molar-refractivity contribution in [3.63, 3.8) is 0 Å². The average molecular weight is 314 g/mol. The SMILES string of the molecule is Oc1c(F)cc(-c2ccccc2C(F)(F)F)c2c1OCCO2. The van der Waals surface area contributed by atoms with Gasteiger partial charge < -0.3 is 14.6 Å². The Morgan fingerprint density at radius 2 is 1.59 bits per heavy atom. The fourth-order valence-corrected chi connectivity index (χ4v) is 2.33. The summed E-state index contributed by atoms with van der Waals surface area (Å²) in [4.78, 5) is 0. The Balaban J connectivity index is 2.28. The van der Waals surface area contributed by atoms with Crippen LogP contribution in [0.2, 0.25) is 0 Å². The third-order valence-corrected chi connectivity index (χ3v) is 3.26. The van der Waals surface area contributed by atoms with Gasteiger partial charge in [-0.1, -0.05) is 18.2 Å². The normalized spacial score (nSPS) is 14.0. The number of hydrogen-bond acceptors (Lipinski definition) is 3. The molecule has 0 aromatic heterocycles. The quantitative estimate of drug-likeness (QED) is 0.809. The minimum atomic E-state index is -4.60. The molecule has 0 atom stereocenters. The highest BCUT2D eigenvalue weighted by atomic mass is 19.4. The lowest BCUT2D eigenvalue weighted by molar-refractivity contribution is -0.137. The van der Waals surface area contributed by atoms with E-state index in [-0.39, 0.29) is 35.8 Å². The van der Waals surface area contributed by atoms with Crippen molar-refractivity contribution >= 4 is 0 Å². The van der Waals surface area contributed by atoms with Crippen LogP contribution in [0.25, 0.3) is 11.1 Å². The third kappa shape index (κ3) is 2.32. The van der Waals surface area contributed by atoms with E-state index in [0.717, 1.165) is 12.1 Å². The summed E-state index contributed by atoms with van der Waals surface area (Å²) in [7, 11) is 0. The molecule has 0 bridgehead atoms. The second kappa shape index (κ2) is 5.08. The number of halogens is 4. The zero-order valence-electron chi connectivity index (χ0n) is 11.1. The van der Waals surface area contributed by atoms with Gasteiger partial charge in [0, 0.05) is 5.56 Å². The maximum Gasteiger partial charge on any atom is 0.417 e. The zero-order valence-corrected chi connectivity index (χ0v) is 11.1. The maximum atomic E-state index is 13.8. The molecule has 0 aliphatic carbocycles. The fraction of sp³-hybridized carbons (Fsp3) is 0.200. The molecule has 0 unspecified atom stereocenters. The Morgan fingerprint density at radius 1 is 0.955 bits per heavy atom. The summed E-state index contributed by atoms with van der Waals surface area (Å²) in [6.45, 7) is 0.170. The Bertz CT molecular complexity index is 725. The Labute approximate surface area is 122 Å². The van der Waals surface area contributed by atoms with Gasteiger partial charge in [0.2, 0.25) is 5.75 Å². The minimum absolute atomic E-state index is 0.0738. The van der Waals surface area contributed by atoms with E-state index in [2.05, 4.69) is 0 Å². The van der Waals surface area contributed by atoms with Crippen LogP contribution in [0.15, 0.2) is 30.3 Å². The van der Waals surface area contributed by atoms with Crippen LogP contribution in [-0.4, -0.2) is 18.3 Å². The number of phenols is 1. The van der Waals surface area contributed by atoms with Gasteiger partial charge in [-0.3, -0.25) is 0 Å². The van der Waals surface area contributed by atoms with E-state index in [1.54, 1.807) is 0 Å². The van der Waals surface area contributed by atoms with Gasteiger partial charge in [0.1, 0.15) is 13.2 Å². The zero-order chi connectivity index (χ0) is 15.9. The summed E-state index contributed by atoms with van der Waals surface area (Å²) in [5, 5.41) is 9.64. The van der Waals surface area contributed by atoms with Crippen LogP contribution in [0.1, 0.15) is 5.56 Å². The molecule has 1 heterocycles. The maximum absolute atomic E-state index is 13.8. The van der Waals surface area contributed by atoms with Crippen molar-refractivity contribution in [2.45, 2.75) is 6.18 Å². The van der Waals surface area contributed by atoms with Crippen molar-refractivity contribution in [3.05, 3.63) is 41.7 Å². The summed E-state index contributed by atoms with van der Waals surface area (Å²) in [6, 6.07) is 5.58. The molecule has 3 nitrogen and oxygen atoms in total. The van der Waals surface area contributed by atoms with Crippen LogP contribution in [0, 0.1) is 5.82 Å². The molecule has 3 rings (SSSR count). The largest absolute Gasteiger partial charge is 0.502 e. The average Bonchev–Trinajstić information content (AvgIpc) is 2.50. The lowest BCUT2D eigenvalue weighted by Gasteiger charge is -2.23. The van der Waals surface area contributed by atoms with Crippen LogP contribution in [0.3, 0.4) is 0 Å². The van der Waals surface area contributed by atoms with Gasteiger partial charge in [0.05, 0.1) is 5.56 Å². The molecule has 2 aromatic rings. The molecule has 1 aliphatic heterocycles. The van der Waals surface area contributed by atoms with Crippen LogP contribution >= 0.6 is 0 Å². The van der Waals surface area contributed by atoms with Crippen molar-refractivity contribution in [1.29, 1.82) is 0 Å². The van der Waals surface area contributed by atoms with Gasteiger partial charge >= 0.3 is 6.18 Å². The predicted molar refractivity (Wildman–Crippen MR) is 69.5 cm³/mol. The lowest BCUT2D eigenvalue weighted by atomic mass is 9.97. The van der Waals surface area contributed by atoms with Crippen LogP contribution in [0.5, 0.6) is 17.2 Å². The number of phenolic OH excluding ortho intramolecular Hbond substituents is 1. The van der Waals surface area contributed by atoms with Crippen LogP contribution in [-0.2, 0) is 6.18 Å². The first-order valence-electron chi connectivity index (χ1n) is 6.37. The molecule has 0 amide bonds. The van der Waals surface area contributed by atoms with E-state index < -0.39 is 23.3 Å². The first-order chi connectivity index (χ1) is 10.4. The molecule has 1 N–H and O–H groups in total. The second-order valence-corrected chi connectivity index (χ2v) is 4.65. The molecule has 1 aliphatic rings. The van der Waals surface area contributed by atoms with Crippen LogP contribution < -0.4 is 9.47 Å². The van der Waals surface area contributed by atoms with Crippen molar-refractivity contribution < 1.29 is 32.1 Å². The Kier molecular flexibility index (Phi) is 3.35. The van der Waals surface area contributed by atoms with E-state index in [9.17, 15) is 22.7 Å². The summed E-state index contributed by atoms with van der Waals surface area (Å²) in [6.07, 6.45) is -4.60. The molecule has 7 heteroatoms. The van der Waals surface area contributed by atoms with Crippen molar-refractivity contribution in [2.75, 3.05) is 13.2 Å². The van der Waals surface area contributed by atoms with E-state index in [1.165, 1.54) is 18.2 Å². The number of benzene rings is 2. The number of alkyl halides is 3. The molecule has 0 spiro atoms. The molecule has 0 radical (unpaired) electrons. The Hall–Kier alpha value is -2.44. The smallest absolute Gasteiger partial charge is 0.417 e. The van der Waals surface area contributed by atoms with E-state index in [1.807, 2.05) is 0 Å². The molecule has 0 fully saturated rings. The molecular formula is C15H10F4O3. The van der Waals surface area contributed by atoms with Gasteiger partial charge in [-0.05, 0) is 17.7 Å². The summed E-state index contributed by atoms with van der Waals surface area (Å²) in [5.41, 5.74) is -1.27. The first kappa shape index (κ1) is 14.5. The minimum Gasteiger partial charge on any atom is -0.502 e. The summed E-state index contributed by atoms with van der Waals surface area (Å²) in [5.74, 6) is -2.22. The number of fused-ring (bicyclic) bond motifs is 1.